The summed E-state index contributed by atoms with van der Waals surface area (Å²) in [5.74, 6) is 0.926. The molecule has 20 heavy (non-hydrogen) atoms. The molecule has 2 unspecified atom stereocenters. The van der Waals surface area contributed by atoms with Crippen molar-refractivity contribution in [2.24, 2.45) is 0 Å². The van der Waals surface area contributed by atoms with Gasteiger partial charge in [0.15, 0.2) is 9.84 Å². The second-order valence-corrected chi connectivity index (χ2v) is 8.21. The van der Waals surface area contributed by atoms with Gasteiger partial charge in [0.2, 0.25) is 0 Å². The molecule has 0 radical (unpaired) electrons. The fraction of sp³-hybridized carbons (Fsp3) is 0.625. The van der Waals surface area contributed by atoms with Crippen LogP contribution in [0.4, 0.5) is 0 Å². The zero-order valence-electron chi connectivity index (χ0n) is 13.2. The minimum absolute atomic E-state index is 0.0419. The second-order valence-electron chi connectivity index (χ2n) is 5.81. The molecule has 114 valence electrons. The van der Waals surface area contributed by atoms with Gasteiger partial charge in [0.25, 0.3) is 0 Å². The topological polar surface area (TPSA) is 46.2 Å². The van der Waals surface area contributed by atoms with E-state index < -0.39 is 9.84 Å². The summed E-state index contributed by atoms with van der Waals surface area (Å²) in [6.45, 7) is 10.0. The Labute approximate surface area is 123 Å². The van der Waals surface area contributed by atoms with Gasteiger partial charge in [-0.3, -0.25) is 0 Å². The molecule has 0 saturated heterocycles. The molecule has 0 amide bonds. The van der Waals surface area contributed by atoms with Crippen molar-refractivity contribution in [1.82, 2.24) is 5.32 Å². The van der Waals surface area contributed by atoms with Gasteiger partial charge in [-0.2, -0.15) is 0 Å². The molecule has 0 aliphatic heterocycles. The van der Waals surface area contributed by atoms with Crippen molar-refractivity contribution in [3.63, 3.8) is 0 Å². The van der Waals surface area contributed by atoms with E-state index in [2.05, 4.69) is 50.4 Å². The van der Waals surface area contributed by atoms with Crippen molar-refractivity contribution in [2.45, 2.75) is 52.6 Å². The number of benzene rings is 1. The Hall–Kier alpha value is -0.870. The Bertz CT molecular complexity index is 506. The smallest absolute Gasteiger partial charge is 0.151 e. The molecule has 0 aliphatic rings. The van der Waals surface area contributed by atoms with Crippen molar-refractivity contribution >= 4 is 9.84 Å². The Kier molecular flexibility index (Phi) is 6.21. The van der Waals surface area contributed by atoms with Crippen LogP contribution in [-0.4, -0.2) is 26.0 Å². The summed E-state index contributed by atoms with van der Waals surface area (Å²) in [6.07, 6.45) is 0. The molecule has 0 spiro atoms. The van der Waals surface area contributed by atoms with Crippen LogP contribution in [-0.2, 0) is 9.84 Å². The zero-order chi connectivity index (χ0) is 15.3. The number of sulfone groups is 1. The van der Waals surface area contributed by atoms with Crippen LogP contribution in [0, 0.1) is 0 Å². The Morgan fingerprint density at radius 2 is 1.50 bits per heavy atom. The van der Waals surface area contributed by atoms with Gasteiger partial charge in [-0.1, -0.05) is 45.0 Å². The van der Waals surface area contributed by atoms with E-state index in [1.54, 1.807) is 6.92 Å². The number of rotatable bonds is 7. The fourth-order valence-electron chi connectivity index (χ4n) is 2.24. The molecule has 0 saturated carbocycles. The summed E-state index contributed by atoms with van der Waals surface area (Å²) in [4.78, 5) is 0. The molecular weight excluding hydrogens is 270 g/mol. The number of nitrogens with one attached hydrogen (secondary N) is 1. The molecule has 1 N–H and O–H groups in total. The summed E-state index contributed by atoms with van der Waals surface area (Å²) in [6, 6.07) is 8.64. The van der Waals surface area contributed by atoms with Crippen molar-refractivity contribution in [2.75, 3.05) is 11.5 Å². The van der Waals surface area contributed by atoms with E-state index >= 15 is 0 Å². The second kappa shape index (κ2) is 7.23. The highest BCUT2D eigenvalue weighted by Gasteiger charge is 2.16. The van der Waals surface area contributed by atoms with E-state index in [1.807, 2.05) is 6.92 Å². The first-order valence-electron chi connectivity index (χ1n) is 7.31. The molecule has 1 rings (SSSR count). The minimum Gasteiger partial charge on any atom is -0.307 e. The highest BCUT2D eigenvalue weighted by molar-refractivity contribution is 7.91. The molecule has 4 heteroatoms. The molecular formula is C16H27NO2S. The Morgan fingerprint density at radius 1 is 1.00 bits per heavy atom. The summed E-state index contributed by atoms with van der Waals surface area (Å²) in [7, 11) is -2.93. The zero-order valence-corrected chi connectivity index (χ0v) is 14.0. The van der Waals surface area contributed by atoms with Crippen molar-refractivity contribution in [3.8, 4) is 0 Å². The third-order valence-electron chi connectivity index (χ3n) is 3.58. The largest absolute Gasteiger partial charge is 0.307 e. The maximum atomic E-state index is 11.6. The molecule has 0 fully saturated rings. The van der Waals surface area contributed by atoms with Crippen LogP contribution < -0.4 is 5.32 Å². The van der Waals surface area contributed by atoms with Gasteiger partial charge >= 0.3 is 0 Å². The molecule has 0 bridgehead atoms. The van der Waals surface area contributed by atoms with E-state index in [9.17, 15) is 8.42 Å². The normalized spacial score (nSPS) is 15.3. The number of hydrogen-bond acceptors (Lipinski definition) is 3. The maximum Gasteiger partial charge on any atom is 0.151 e. The van der Waals surface area contributed by atoms with E-state index in [0.29, 0.717) is 5.92 Å². The van der Waals surface area contributed by atoms with E-state index in [1.165, 1.54) is 11.1 Å². The predicted octanol–water partition coefficient (Wildman–Crippen LogP) is 3.28. The van der Waals surface area contributed by atoms with Crippen LogP contribution in [0.5, 0.6) is 0 Å². The Balaban J connectivity index is 2.64. The van der Waals surface area contributed by atoms with E-state index in [0.717, 1.165) is 0 Å². The molecule has 3 nitrogen and oxygen atoms in total. The highest BCUT2D eigenvalue weighted by atomic mass is 32.2. The average molecular weight is 297 g/mol. The van der Waals surface area contributed by atoms with Crippen LogP contribution in [0.25, 0.3) is 0 Å². The number of hydrogen-bond donors (Lipinski definition) is 1. The fourth-order valence-corrected chi connectivity index (χ4v) is 3.33. The van der Waals surface area contributed by atoms with Crippen LogP contribution in [0.2, 0.25) is 0 Å². The summed E-state index contributed by atoms with van der Waals surface area (Å²) < 4.78 is 23.2. The van der Waals surface area contributed by atoms with Gasteiger partial charge in [-0.15, -0.1) is 0 Å². The lowest BCUT2D eigenvalue weighted by Crippen LogP contribution is -2.35. The van der Waals surface area contributed by atoms with Gasteiger partial charge in [0.1, 0.15) is 0 Å². The molecule has 0 aromatic heterocycles. The third kappa shape index (κ3) is 5.25. The standard InChI is InChI=1S/C16H27NO2S/c1-6-20(18,19)11-13(4)17-14(5)16-9-7-15(8-10-16)12(2)3/h7-10,12-14,17H,6,11H2,1-5H3. The molecule has 0 heterocycles. The monoisotopic (exact) mass is 297 g/mol. The van der Waals surface area contributed by atoms with Gasteiger partial charge in [0.05, 0.1) is 5.75 Å². The molecule has 2 atom stereocenters. The van der Waals surface area contributed by atoms with Crippen LogP contribution in [0.1, 0.15) is 57.7 Å². The minimum atomic E-state index is -2.93. The van der Waals surface area contributed by atoms with Crippen LogP contribution in [0.3, 0.4) is 0 Å². The Morgan fingerprint density at radius 3 is 1.95 bits per heavy atom. The summed E-state index contributed by atoms with van der Waals surface area (Å²) in [5.41, 5.74) is 2.51. The van der Waals surface area contributed by atoms with Crippen LogP contribution in [0.15, 0.2) is 24.3 Å². The van der Waals surface area contributed by atoms with Gasteiger partial charge in [-0.05, 0) is 30.9 Å². The van der Waals surface area contributed by atoms with E-state index in [-0.39, 0.29) is 23.6 Å². The maximum absolute atomic E-state index is 11.6. The molecule has 1 aromatic rings. The van der Waals surface area contributed by atoms with Gasteiger partial charge < -0.3 is 5.32 Å². The lowest BCUT2D eigenvalue weighted by atomic mass is 9.99. The van der Waals surface area contributed by atoms with Gasteiger partial charge in [-0.25, -0.2) is 8.42 Å². The van der Waals surface area contributed by atoms with Crippen molar-refractivity contribution < 1.29 is 8.42 Å². The molecule has 0 aliphatic carbocycles. The first-order chi connectivity index (χ1) is 9.25. The first-order valence-corrected chi connectivity index (χ1v) is 9.13. The highest BCUT2D eigenvalue weighted by Crippen LogP contribution is 2.19. The summed E-state index contributed by atoms with van der Waals surface area (Å²) in [5, 5.41) is 3.36. The predicted molar refractivity (Wildman–Crippen MR) is 85.9 cm³/mol. The van der Waals surface area contributed by atoms with Gasteiger partial charge in [0, 0.05) is 17.8 Å². The summed E-state index contributed by atoms with van der Waals surface area (Å²) >= 11 is 0. The van der Waals surface area contributed by atoms with Crippen molar-refractivity contribution in [1.29, 1.82) is 0 Å². The lowest BCUT2D eigenvalue weighted by Gasteiger charge is -2.20. The first kappa shape index (κ1) is 17.2. The SMILES string of the molecule is CCS(=O)(=O)CC(C)NC(C)c1ccc(C(C)C)cc1. The quantitative estimate of drug-likeness (QED) is 0.840. The van der Waals surface area contributed by atoms with Crippen LogP contribution >= 0.6 is 0 Å². The van der Waals surface area contributed by atoms with E-state index in [4.69, 9.17) is 0 Å². The van der Waals surface area contributed by atoms with Crippen molar-refractivity contribution in [3.05, 3.63) is 35.4 Å². The lowest BCUT2D eigenvalue weighted by molar-refractivity contribution is 0.499. The average Bonchev–Trinajstić information content (AvgIpc) is 2.38. The molecule has 1 aromatic carbocycles. The third-order valence-corrected chi connectivity index (χ3v) is 5.47.